The van der Waals surface area contributed by atoms with Gasteiger partial charge in [-0.05, 0) is 25.7 Å². The van der Waals surface area contributed by atoms with E-state index in [1.807, 2.05) is 0 Å². The molecule has 0 spiro atoms. The number of rotatable bonds is 11. The fourth-order valence-electron chi connectivity index (χ4n) is 2.06. The minimum atomic E-state index is 0.00422. The average Bonchev–Trinajstić information content (AvgIpc) is 2.41. The second-order valence-electron chi connectivity index (χ2n) is 5.08. The Morgan fingerprint density at radius 1 is 0.944 bits per heavy atom. The van der Waals surface area contributed by atoms with Gasteiger partial charge in [-0.15, -0.1) is 0 Å². The van der Waals surface area contributed by atoms with Gasteiger partial charge < -0.3 is 4.52 Å². The number of hydrogen-bond donors (Lipinski definition) is 0. The van der Waals surface area contributed by atoms with Crippen molar-refractivity contribution in [2.24, 2.45) is 0 Å². The lowest BCUT2D eigenvalue weighted by Gasteiger charge is -2.28. The summed E-state index contributed by atoms with van der Waals surface area (Å²) in [4.78, 5) is 11.7. The molecule has 0 aliphatic rings. The molecule has 0 radical (unpaired) electrons. The molecule has 1 unspecified atom stereocenters. The molecule has 0 fully saturated rings. The van der Waals surface area contributed by atoms with Crippen LogP contribution in [0, 0.1) is 0 Å². The molecule has 0 aliphatic carbocycles. The maximum atomic E-state index is 11.7. The zero-order chi connectivity index (χ0) is 13.9. The van der Waals surface area contributed by atoms with E-state index in [9.17, 15) is 4.79 Å². The Labute approximate surface area is 115 Å². The number of unbranched alkanes of at least 4 members (excludes halogenated alkanes) is 4. The third-order valence-electron chi connectivity index (χ3n) is 3.90. The van der Waals surface area contributed by atoms with Gasteiger partial charge in [-0.1, -0.05) is 53.4 Å². The van der Waals surface area contributed by atoms with Crippen molar-refractivity contribution in [3.63, 3.8) is 0 Å². The third kappa shape index (κ3) is 7.36. The van der Waals surface area contributed by atoms with Crippen molar-refractivity contribution in [2.75, 3.05) is 0 Å². The van der Waals surface area contributed by atoms with Crippen LogP contribution < -0.4 is 0 Å². The Hall–Kier alpha value is -0.100. The Balaban J connectivity index is 3.74. The SMILES string of the molecule is CCCCCCCC(=O)OPC(CC)(CC)CC. The van der Waals surface area contributed by atoms with E-state index in [4.69, 9.17) is 4.52 Å². The van der Waals surface area contributed by atoms with Gasteiger partial charge in [0.25, 0.3) is 0 Å². The van der Waals surface area contributed by atoms with Crippen molar-refractivity contribution < 1.29 is 9.32 Å². The van der Waals surface area contributed by atoms with Crippen LogP contribution in [0.2, 0.25) is 0 Å². The first kappa shape index (κ1) is 17.9. The highest BCUT2D eigenvalue weighted by atomic mass is 31.1. The van der Waals surface area contributed by atoms with Crippen molar-refractivity contribution in [1.82, 2.24) is 0 Å². The predicted molar refractivity (Wildman–Crippen MR) is 81.4 cm³/mol. The summed E-state index contributed by atoms with van der Waals surface area (Å²) in [5, 5.41) is 0.234. The number of carbonyl (C=O) groups is 1. The van der Waals surface area contributed by atoms with Gasteiger partial charge in [-0.2, -0.15) is 0 Å². The molecule has 0 saturated heterocycles. The molecule has 0 aromatic heterocycles. The van der Waals surface area contributed by atoms with E-state index in [-0.39, 0.29) is 11.1 Å². The summed E-state index contributed by atoms with van der Waals surface area (Å²) in [6.07, 6.45) is 9.82. The minimum Gasteiger partial charge on any atom is -0.448 e. The summed E-state index contributed by atoms with van der Waals surface area (Å²) in [5.74, 6) is 0.00422. The molecule has 0 amide bonds. The highest BCUT2D eigenvalue weighted by Crippen LogP contribution is 2.41. The molecule has 0 heterocycles. The van der Waals surface area contributed by atoms with Gasteiger partial charge in [-0.3, -0.25) is 4.79 Å². The maximum absolute atomic E-state index is 11.7. The van der Waals surface area contributed by atoms with Crippen LogP contribution in [-0.4, -0.2) is 11.1 Å². The highest BCUT2D eigenvalue weighted by molar-refractivity contribution is 7.35. The van der Waals surface area contributed by atoms with Crippen molar-refractivity contribution in [2.45, 2.75) is 90.6 Å². The summed E-state index contributed by atoms with van der Waals surface area (Å²) in [5.41, 5.74) is 0. The second-order valence-corrected chi connectivity index (χ2v) is 6.55. The van der Waals surface area contributed by atoms with Crippen LogP contribution in [0.3, 0.4) is 0 Å². The molecule has 0 N–H and O–H groups in total. The van der Waals surface area contributed by atoms with E-state index in [0.29, 0.717) is 15.2 Å². The Morgan fingerprint density at radius 2 is 1.50 bits per heavy atom. The summed E-state index contributed by atoms with van der Waals surface area (Å²) in [7, 11) is 0.337. The Bertz CT molecular complexity index is 204. The molecule has 0 aliphatic heterocycles. The number of hydrogen-bond acceptors (Lipinski definition) is 2. The van der Waals surface area contributed by atoms with E-state index in [0.717, 1.165) is 32.1 Å². The predicted octanol–water partition coefficient (Wildman–Crippen LogP) is 5.45. The van der Waals surface area contributed by atoms with Crippen molar-refractivity contribution in [3.05, 3.63) is 0 Å². The molecule has 0 bridgehead atoms. The first-order valence-corrected chi connectivity index (χ1v) is 8.51. The van der Waals surface area contributed by atoms with Crippen LogP contribution in [0.5, 0.6) is 0 Å². The summed E-state index contributed by atoms with van der Waals surface area (Å²) < 4.78 is 5.48. The molecule has 2 nitrogen and oxygen atoms in total. The molecule has 108 valence electrons. The molecular formula is C15H31O2P. The van der Waals surface area contributed by atoms with Gasteiger partial charge in [0.1, 0.15) is 0 Å². The van der Waals surface area contributed by atoms with Crippen molar-refractivity contribution in [3.8, 4) is 0 Å². The first-order valence-electron chi connectivity index (χ1n) is 7.61. The summed E-state index contributed by atoms with van der Waals surface area (Å²) in [6.45, 7) is 8.78. The number of carbonyl (C=O) groups excluding carboxylic acids is 1. The zero-order valence-corrected chi connectivity index (χ0v) is 13.7. The molecule has 1 atom stereocenters. The van der Waals surface area contributed by atoms with Gasteiger partial charge in [0.05, 0.1) is 8.81 Å². The van der Waals surface area contributed by atoms with E-state index in [1.165, 1.54) is 19.3 Å². The van der Waals surface area contributed by atoms with Gasteiger partial charge in [0.15, 0.2) is 0 Å². The van der Waals surface area contributed by atoms with Crippen LogP contribution in [0.4, 0.5) is 0 Å². The smallest absolute Gasteiger partial charge is 0.308 e. The van der Waals surface area contributed by atoms with Gasteiger partial charge in [0.2, 0.25) is 0 Å². The quantitative estimate of drug-likeness (QED) is 0.370. The highest BCUT2D eigenvalue weighted by Gasteiger charge is 2.26. The molecule has 18 heavy (non-hydrogen) atoms. The largest absolute Gasteiger partial charge is 0.448 e. The van der Waals surface area contributed by atoms with Crippen LogP contribution >= 0.6 is 8.81 Å². The van der Waals surface area contributed by atoms with E-state index in [2.05, 4.69) is 27.7 Å². The molecule has 0 aromatic rings. The molecule has 0 aromatic carbocycles. The normalized spacial score (nSPS) is 12.2. The van der Waals surface area contributed by atoms with Gasteiger partial charge in [-0.25, -0.2) is 0 Å². The van der Waals surface area contributed by atoms with E-state index < -0.39 is 0 Å². The third-order valence-corrected chi connectivity index (χ3v) is 5.72. The fraction of sp³-hybridized carbons (Fsp3) is 0.933. The van der Waals surface area contributed by atoms with Crippen molar-refractivity contribution >= 4 is 14.8 Å². The van der Waals surface area contributed by atoms with Gasteiger partial charge in [0, 0.05) is 11.6 Å². The van der Waals surface area contributed by atoms with Gasteiger partial charge >= 0.3 is 5.97 Å². The molecule has 0 rings (SSSR count). The molecule has 3 heteroatoms. The fourth-order valence-corrected chi connectivity index (χ4v) is 2.92. The van der Waals surface area contributed by atoms with Crippen LogP contribution in [0.25, 0.3) is 0 Å². The van der Waals surface area contributed by atoms with Crippen molar-refractivity contribution in [1.29, 1.82) is 0 Å². The van der Waals surface area contributed by atoms with E-state index in [1.54, 1.807) is 0 Å². The summed E-state index contributed by atoms with van der Waals surface area (Å²) in [6, 6.07) is 0. The van der Waals surface area contributed by atoms with E-state index >= 15 is 0 Å². The lowest BCUT2D eigenvalue weighted by Crippen LogP contribution is -2.20. The first-order chi connectivity index (χ1) is 8.64. The zero-order valence-electron chi connectivity index (χ0n) is 12.7. The van der Waals surface area contributed by atoms with Crippen LogP contribution in [-0.2, 0) is 9.32 Å². The summed E-state index contributed by atoms with van der Waals surface area (Å²) >= 11 is 0. The molecule has 0 saturated carbocycles. The average molecular weight is 274 g/mol. The van der Waals surface area contributed by atoms with Crippen LogP contribution in [0.1, 0.15) is 85.5 Å². The topological polar surface area (TPSA) is 26.3 Å². The maximum Gasteiger partial charge on any atom is 0.308 e. The Kier molecular flexibility index (Phi) is 10.7. The van der Waals surface area contributed by atoms with Crippen LogP contribution in [0.15, 0.2) is 0 Å². The second kappa shape index (κ2) is 10.8. The molecular weight excluding hydrogens is 243 g/mol. The standard InChI is InChI=1S/C15H31O2P/c1-5-9-10-11-12-13-14(16)17-18-15(6-2,7-3)8-4/h18H,5-13H2,1-4H3. The minimum absolute atomic E-state index is 0.00422. The monoisotopic (exact) mass is 274 g/mol. The lowest BCUT2D eigenvalue weighted by atomic mass is 9.99. The Morgan fingerprint density at radius 3 is 2.00 bits per heavy atom. The lowest BCUT2D eigenvalue weighted by molar-refractivity contribution is -0.133.